The molecule has 1 heterocycles. The van der Waals surface area contributed by atoms with Crippen molar-refractivity contribution in [2.45, 2.75) is 57.9 Å². The van der Waals surface area contributed by atoms with Crippen LogP contribution in [-0.4, -0.2) is 34.5 Å². The monoisotopic (exact) mass is 309 g/mol. The van der Waals surface area contributed by atoms with Crippen LogP contribution in [-0.2, 0) is 4.79 Å². The molecule has 0 aliphatic heterocycles. The third kappa shape index (κ3) is 3.28. The first-order valence-corrected chi connectivity index (χ1v) is 8.24. The van der Waals surface area contributed by atoms with Crippen LogP contribution in [0.5, 0.6) is 0 Å². The van der Waals surface area contributed by atoms with E-state index in [1.54, 1.807) is 11.9 Å². The van der Waals surface area contributed by atoms with E-state index in [0.29, 0.717) is 4.88 Å². The number of hydrogen-bond acceptors (Lipinski definition) is 3. The van der Waals surface area contributed by atoms with Gasteiger partial charge in [0.15, 0.2) is 0 Å². The molecular formula is C16H23NO3S. The first kappa shape index (κ1) is 16.0. The maximum Gasteiger partial charge on any atom is 0.305 e. The molecule has 0 atom stereocenters. The van der Waals surface area contributed by atoms with Crippen molar-refractivity contribution in [3.63, 3.8) is 0 Å². The van der Waals surface area contributed by atoms with Crippen molar-refractivity contribution in [2.75, 3.05) is 7.05 Å². The van der Waals surface area contributed by atoms with Gasteiger partial charge in [0.25, 0.3) is 5.91 Å². The van der Waals surface area contributed by atoms with Gasteiger partial charge >= 0.3 is 5.97 Å². The lowest BCUT2D eigenvalue weighted by Gasteiger charge is -2.43. The molecule has 1 saturated carbocycles. The SMILES string of the molecule is Cc1cc(C(=O)N(C)C2(CC(=O)O)CCCCC2)sc1C. The van der Waals surface area contributed by atoms with Gasteiger partial charge in [-0.05, 0) is 38.3 Å². The molecule has 1 fully saturated rings. The lowest BCUT2D eigenvalue weighted by molar-refractivity contribution is -0.140. The summed E-state index contributed by atoms with van der Waals surface area (Å²) in [5.74, 6) is -0.866. The van der Waals surface area contributed by atoms with E-state index in [9.17, 15) is 14.7 Å². The maximum absolute atomic E-state index is 12.7. The largest absolute Gasteiger partial charge is 0.481 e. The fourth-order valence-corrected chi connectivity index (χ4v) is 4.19. The topological polar surface area (TPSA) is 57.6 Å². The van der Waals surface area contributed by atoms with E-state index in [2.05, 4.69) is 0 Å². The molecule has 1 amide bonds. The molecule has 1 aliphatic carbocycles. The summed E-state index contributed by atoms with van der Waals surface area (Å²) >= 11 is 1.49. The number of hydrogen-bond donors (Lipinski definition) is 1. The van der Waals surface area contributed by atoms with Crippen molar-refractivity contribution >= 4 is 23.2 Å². The number of carboxylic acids is 1. The second-order valence-electron chi connectivity index (χ2n) is 6.07. The van der Waals surface area contributed by atoms with Crippen LogP contribution in [0.3, 0.4) is 0 Å². The third-order valence-electron chi connectivity index (χ3n) is 4.66. The average molecular weight is 309 g/mol. The van der Waals surface area contributed by atoms with Gasteiger partial charge in [-0.25, -0.2) is 0 Å². The Labute approximate surface area is 129 Å². The van der Waals surface area contributed by atoms with Crippen LogP contribution < -0.4 is 0 Å². The van der Waals surface area contributed by atoms with Crippen molar-refractivity contribution in [3.8, 4) is 0 Å². The van der Waals surface area contributed by atoms with E-state index in [1.165, 1.54) is 11.3 Å². The minimum Gasteiger partial charge on any atom is -0.481 e. The first-order valence-electron chi connectivity index (χ1n) is 7.43. The predicted octanol–water partition coefficient (Wildman–Crippen LogP) is 3.61. The van der Waals surface area contributed by atoms with Crippen molar-refractivity contribution in [2.24, 2.45) is 0 Å². The van der Waals surface area contributed by atoms with Gasteiger partial charge in [-0.2, -0.15) is 0 Å². The second kappa shape index (κ2) is 6.18. The van der Waals surface area contributed by atoms with Gasteiger partial charge in [0.1, 0.15) is 0 Å². The van der Waals surface area contributed by atoms with Gasteiger partial charge in [-0.1, -0.05) is 19.3 Å². The molecule has 21 heavy (non-hydrogen) atoms. The molecule has 0 bridgehead atoms. The number of amides is 1. The van der Waals surface area contributed by atoms with Crippen LogP contribution in [0.2, 0.25) is 0 Å². The van der Waals surface area contributed by atoms with Crippen molar-refractivity contribution in [3.05, 3.63) is 21.4 Å². The molecule has 1 aromatic rings. The summed E-state index contributed by atoms with van der Waals surface area (Å²) in [7, 11) is 1.76. The summed E-state index contributed by atoms with van der Waals surface area (Å²) in [5, 5.41) is 9.25. The minimum atomic E-state index is -0.824. The Balaban J connectivity index is 2.26. The highest BCUT2D eigenvalue weighted by molar-refractivity contribution is 7.14. The van der Waals surface area contributed by atoms with E-state index >= 15 is 0 Å². The average Bonchev–Trinajstić information content (AvgIpc) is 2.77. The van der Waals surface area contributed by atoms with E-state index < -0.39 is 11.5 Å². The number of carbonyl (C=O) groups excluding carboxylic acids is 1. The molecule has 116 valence electrons. The summed E-state index contributed by atoms with van der Waals surface area (Å²) < 4.78 is 0. The normalized spacial score (nSPS) is 17.5. The molecular weight excluding hydrogens is 286 g/mol. The van der Waals surface area contributed by atoms with Crippen LogP contribution in [0.1, 0.15) is 58.6 Å². The standard InChI is InChI=1S/C16H23NO3S/c1-11-9-13(21-12(11)2)15(20)17(3)16(10-14(18)19)7-5-4-6-8-16/h9H,4-8,10H2,1-3H3,(H,18,19). The highest BCUT2D eigenvalue weighted by Gasteiger charge is 2.41. The number of rotatable bonds is 4. The fourth-order valence-electron chi connectivity index (χ4n) is 3.18. The van der Waals surface area contributed by atoms with E-state index in [0.717, 1.165) is 42.5 Å². The molecule has 1 aliphatic rings. The molecule has 1 N–H and O–H groups in total. The smallest absolute Gasteiger partial charge is 0.305 e. The molecule has 0 spiro atoms. The highest BCUT2D eigenvalue weighted by atomic mass is 32.1. The number of thiophene rings is 1. The molecule has 0 aromatic carbocycles. The van der Waals surface area contributed by atoms with Gasteiger partial charge in [0.05, 0.1) is 16.8 Å². The lowest BCUT2D eigenvalue weighted by atomic mass is 9.78. The molecule has 5 heteroatoms. The number of carboxylic acid groups (broad SMARTS) is 1. The van der Waals surface area contributed by atoms with E-state index in [4.69, 9.17) is 0 Å². The summed E-state index contributed by atoms with van der Waals surface area (Å²) in [6.45, 7) is 4.00. The summed E-state index contributed by atoms with van der Waals surface area (Å²) in [6, 6.07) is 1.91. The number of aryl methyl sites for hydroxylation is 2. The number of carbonyl (C=O) groups is 2. The predicted molar refractivity (Wildman–Crippen MR) is 84.0 cm³/mol. The lowest BCUT2D eigenvalue weighted by Crippen LogP contribution is -2.52. The van der Waals surface area contributed by atoms with Gasteiger partial charge in [-0.15, -0.1) is 11.3 Å². The Bertz CT molecular complexity index is 524. The summed E-state index contributed by atoms with van der Waals surface area (Å²) in [4.78, 5) is 27.6. The molecule has 1 aromatic heterocycles. The Morgan fingerprint density at radius 1 is 1.29 bits per heavy atom. The Hall–Kier alpha value is -1.36. The van der Waals surface area contributed by atoms with Gasteiger partial charge in [0.2, 0.25) is 0 Å². The highest BCUT2D eigenvalue weighted by Crippen LogP contribution is 2.37. The third-order valence-corrected chi connectivity index (χ3v) is 5.80. The van der Waals surface area contributed by atoms with E-state index in [-0.39, 0.29) is 12.3 Å². The zero-order valence-corrected chi connectivity index (χ0v) is 13.8. The molecule has 2 rings (SSSR count). The number of aliphatic carboxylic acids is 1. The second-order valence-corrected chi connectivity index (χ2v) is 7.33. The Kier molecular flexibility index (Phi) is 4.71. The summed E-state index contributed by atoms with van der Waals surface area (Å²) in [5.41, 5.74) is 0.597. The van der Waals surface area contributed by atoms with E-state index in [1.807, 2.05) is 19.9 Å². The van der Waals surface area contributed by atoms with Crippen molar-refractivity contribution in [1.82, 2.24) is 4.90 Å². The zero-order valence-electron chi connectivity index (χ0n) is 12.9. The van der Waals surface area contributed by atoms with Crippen molar-refractivity contribution in [1.29, 1.82) is 0 Å². The van der Waals surface area contributed by atoms with Crippen LogP contribution in [0.25, 0.3) is 0 Å². The van der Waals surface area contributed by atoms with Crippen LogP contribution in [0, 0.1) is 13.8 Å². The molecule has 4 nitrogen and oxygen atoms in total. The van der Waals surface area contributed by atoms with Crippen LogP contribution in [0.15, 0.2) is 6.07 Å². The fraction of sp³-hybridized carbons (Fsp3) is 0.625. The molecule has 0 unspecified atom stereocenters. The van der Waals surface area contributed by atoms with Gasteiger partial charge in [0, 0.05) is 11.9 Å². The van der Waals surface area contributed by atoms with Crippen molar-refractivity contribution < 1.29 is 14.7 Å². The van der Waals surface area contributed by atoms with Gasteiger partial charge < -0.3 is 10.0 Å². The number of nitrogens with zero attached hydrogens (tertiary/aromatic N) is 1. The molecule has 0 radical (unpaired) electrons. The van der Waals surface area contributed by atoms with Gasteiger partial charge in [-0.3, -0.25) is 9.59 Å². The van der Waals surface area contributed by atoms with Crippen LogP contribution >= 0.6 is 11.3 Å². The zero-order chi connectivity index (χ0) is 15.6. The van der Waals surface area contributed by atoms with Crippen LogP contribution in [0.4, 0.5) is 0 Å². The maximum atomic E-state index is 12.7. The Morgan fingerprint density at radius 3 is 2.38 bits per heavy atom. The Morgan fingerprint density at radius 2 is 1.90 bits per heavy atom. The summed E-state index contributed by atoms with van der Waals surface area (Å²) in [6.07, 6.45) is 4.72. The minimum absolute atomic E-state index is 0.0403. The first-order chi connectivity index (χ1) is 9.85. The quantitative estimate of drug-likeness (QED) is 0.924. The molecule has 0 saturated heterocycles.